The Kier molecular flexibility index (Phi) is 5.51. The maximum atomic E-state index is 11.8. The summed E-state index contributed by atoms with van der Waals surface area (Å²) in [5, 5.41) is 16.4. The molecule has 0 saturated heterocycles. The third-order valence-electron chi connectivity index (χ3n) is 3.30. The van der Waals surface area contributed by atoms with Crippen LogP contribution in [0.5, 0.6) is 0 Å². The van der Waals surface area contributed by atoms with Gasteiger partial charge in [0.05, 0.1) is 17.6 Å². The van der Waals surface area contributed by atoms with Gasteiger partial charge in [0.2, 0.25) is 0 Å². The van der Waals surface area contributed by atoms with Crippen molar-refractivity contribution in [1.29, 1.82) is 0 Å². The number of nitrogens with one attached hydrogen (secondary N) is 2. The molecule has 0 aromatic heterocycles. The normalized spacial score (nSPS) is 9.96. The number of amides is 2. The van der Waals surface area contributed by atoms with Crippen LogP contribution in [0.1, 0.15) is 15.9 Å². The highest BCUT2D eigenvalue weighted by Gasteiger charge is 2.17. The summed E-state index contributed by atoms with van der Waals surface area (Å²) in [4.78, 5) is 33.0. The molecule has 25 heavy (non-hydrogen) atoms. The summed E-state index contributed by atoms with van der Waals surface area (Å²) in [6.07, 6.45) is 0. The number of nitrogens with zero attached hydrogens (tertiary/aromatic N) is 1. The van der Waals surface area contributed by atoms with E-state index in [2.05, 4.69) is 15.4 Å². The van der Waals surface area contributed by atoms with E-state index in [0.717, 1.165) is 11.6 Å². The van der Waals surface area contributed by atoms with Crippen LogP contribution in [0.4, 0.5) is 21.9 Å². The van der Waals surface area contributed by atoms with Crippen molar-refractivity contribution < 1.29 is 19.2 Å². The van der Waals surface area contributed by atoms with Gasteiger partial charge in [0.25, 0.3) is 5.69 Å². The van der Waals surface area contributed by atoms with Crippen LogP contribution in [-0.4, -0.2) is 24.0 Å². The van der Waals surface area contributed by atoms with Gasteiger partial charge in [-0.3, -0.25) is 10.1 Å². The van der Waals surface area contributed by atoms with Crippen molar-refractivity contribution in [3.05, 3.63) is 63.7 Å². The van der Waals surface area contributed by atoms with Crippen LogP contribution >= 0.6 is 0 Å². The highest BCUT2D eigenvalue weighted by atomic mass is 16.6. The average Bonchev–Trinajstić information content (AvgIpc) is 2.58. The molecule has 0 aliphatic carbocycles. The zero-order valence-corrected chi connectivity index (χ0v) is 13.3. The van der Waals surface area contributed by atoms with Crippen LogP contribution in [-0.2, 0) is 11.3 Å². The SMILES string of the molecule is COC(=O)c1cc([N+](=O)[O-])ccc1NCc1cccc(NC(N)=O)c1. The van der Waals surface area contributed by atoms with Gasteiger partial charge in [-0.2, -0.15) is 0 Å². The van der Waals surface area contributed by atoms with E-state index in [4.69, 9.17) is 5.73 Å². The van der Waals surface area contributed by atoms with Crippen molar-refractivity contribution in [3.8, 4) is 0 Å². The van der Waals surface area contributed by atoms with Gasteiger partial charge < -0.3 is 21.1 Å². The van der Waals surface area contributed by atoms with Crippen molar-refractivity contribution in [1.82, 2.24) is 0 Å². The lowest BCUT2D eigenvalue weighted by Crippen LogP contribution is -2.19. The van der Waals surface area contributed by atoms with Crippen molar-refractivity contribution in [2.75, 3.05) is 17.7 Å². The molecule has 2 rings (SSSR count). The van der Waals surface area contributed by atoms with E-state index >= 15 is 0 Å². The second-order valence-electron chi connectivity index (χ2n) is 5.02. The fraction of sp³-hybridized carbons (Fsp3) is 0.125. The van der Waals surface area contributed by atoms with Crippen LogP contribution in [0, 0.1) is 10.1 Å². The molecule has 0 radical (unpaired) electrons. The van der Waals surface area contributed by atoms with E-state index in [9.17, 15) is 19.7 Å². The number of carbonyl (C=O) groups is 2. The number of methoxy groups -OCH3 is 1. The molecular formula is C16H16N4O5. The zero-order chi connectivity index (χ0) is 18.4. The summed E-state index contributed by atoms with van der Waals surface area (Å²) in [7, 11) is 1.20. The lowest BCUT2D eigenvalue weighted by atomic mass is 10.1. The molecule has 0 spiro atoms. The summed E-state index contributed by atoms with van der Waals surface area (Å²) in [5.41, 5.74) is 6.65. The van der Waals surface area contributed by atoms with E-state index in [0.29, 0.717) is 17.9 Å². The molecule has 2 aromatic carbocycles. The summed E-state index contributed by atoms with van der Waals surface area (Å²) in [6, 6.07) is 10.1. The number of hydrogen-bond acceptors (Lipinski definition) is 6. The number of carbonyl (C=O) groups excluding carboxylic acids is 2. The lowest BCUT2D eigenvalue weighted by Gasteiger charge is -2.11. The van der Waals surface area contributed by atoms with Crippen molar-refractivity contribution >= 4 is 29.1 Å². The van der Waals surface area contributed by atoms with Crippen LogP contribution < -0.4 is 16.4 Å². The number of nitro groups is 1. The van der Waals surface area contributed by atoms with Crippen LogP contribution in [0.25, 0.3) is 0 Å². The molecule has 4 N–H and O–H groups in total. The van der Waals surface area contributed by atoms with Gasteiger partial charge in [0.1, 0.15) is 0 Å². The quantitative estimate of drug-likeness (QED) is 0.418. The molecule has 0 bridgehead atoms. The van der Waals surface area contributed by atoms with Gasteiger partial charge in [-0.25, -0.2) is 9.59 Å². The summed E-state index contributed by atoms with van der Waals surface area (Å²) in [5.74, 6) is -0.685. The number of anilines is 2. The number of ether oxygens (including phenoxy) is 1. The van der Waals surface area contributed by atoms with E-state index in [-0.39, 0.29) is 11.3 Å². The first-order valence-corrected chi connectivity index (χ1v) is 7.16. The first-order valence-electron chi connectivity index (χ1n) is 7.16. The predicted molar refractivity (Wildman–Crippen MR) is 91.4 cm³/mol. The molecule has 2 amide bonds. The average molecular weight is 344 g/mol. The van der Waals surface area contributed by atoms with Gasteiger partial charge >= 0.3 is 12.0 Å². The first-order chi connectivity index (χ1) is 11.9. The molecule has 130 valence electrons. The van der Waals surface area contributed by atoms with Gasteiger partial charge in [-0.05, 0) is 23.8 Å². The van der Waals surface area contributed by atoms with Crippen molar-refractivity contribution in [3.63, 3.8) is 0 Å². The zero-order valence-electron chi connectivity index (χ0n) is 13.3. The molecule has 0 aliphatic rings. The Morgan fingerprint density at radius 3 is 2.64 bits per heavy atom. The molecular weight excluding hydrogens is 328 g/mol. The lowest BCUT2D eigenvalue weighted by molar-refractivity contribution is -0.384. The van der Waals surface area contributed by atoms with E-state index in [1.807, 2.05) is 6.07 Å². The number of rotatable bonds is 6. The van der Waals surface area contributed by atoms with Crippen molar-refractivity contribution in [2.45, 2.75) is 6.54 Å². The number of primary amides is 1. The molecule has 9 nitrogen and oxygen atoms in total. The minimum absolute atomic E-state index is 0.0584. The molecule has 9 heteroatoms. The Morgan fingerprint density at radius 1 is 1.24 bits per heavy atom. The van der Waals surface area contributed by atoms with Crippen LogP contribution in [0.3, 0.4) is 0 Å². The van der Waals surface area contributed by atoms with Crippen LogP contribution in [0.2, 0.25) is 0 Å². The standard InChI is InChI=1S/C16H16N4O5/c1-25-15(21)13-8-12(20(23)24)5-6-14(13)18-9-10-3-2-4-11(7-10)19-16(17)22/h2-8,18H,9H2,1H3,(H3,17,19,22). The smallest absolute Gasteiger partial charge is 0.340 e. The third kappa shape index (κ3) is 4.67. The Labute approximate surface area is 142 Å². The van der Waals surface area contributed by atoms with Gasteiger partial charge in [-0.1, -0.05) is 12.1 Å². The second-order valence-corrected chi connectivity index (χ2v) is 5.02. The van der Waals surface area contributed by atoms with Gasteiger partial charge in [0, 0.05) is 30.1 Å². The predicted octanol–water partition coefficient (Wildman–Crippen LogP) is 2.48. The highest BCUT2D eigenvalue weighted by Crippen LogP contribution is 2.24. The van der Waals surface area contributed by atoms with Crippen molar-refractivity contribution in [2.24, 2.45) is 5.73 Å². The third-order valence-corrected chi connectivity index (χ3v) is 3.30. The fourth-order valence-corrected chi connectivity index (χ4v) is 2.18. The number of benzene rings is 2. The summed E-state index contributed by atoms with van der Waals surface area (Å²) >= 11 is 0. The number of nitro benzene ring substituents is 1. The maximum absolute atomic E-state index is 11.8. The minimum atomic E-state index is -0.685. The molecule has 2 aromatic rings. The highest BCUT2D eigenvalue weighted by molar-refractivity contribution is 5.96. The minimum Gasteiger partial charge on any atom is -0.465 e. The van der Waals surface area contributed by atoms with Crippen LogP contribution in [0.15, 0.2) is 42.5 Å². The van der Waals surface area contributed by atoms with E-state index in [1.54, 1.807) is 18.2 Å². The Bertz CT molecular complexity index is 822. The number of hydrogen-bond donors (Lipinski definition) is 3. The second kappa shape index (κ2) is 7.77. The largest absolute Gasteiger partial charge is 0.465 e. The molecule has 0 saturated carbocycles. The summed E-state index contributed by atoms with van der Waals surface area (Å²) in [6.45, 7) is 0.316. The topological polar surface area (TPSA) is 137 Å². The molecule has 0 unspecified atom stereocenters. The summed E-state index contributed by atoms with van der Waals surface area (Å²) < 4.78 is 4.66. The number of nitrogens with two attached hydrogens (primary N) is 1. The molecule has 0 fully saturated rings. The maximum Gasteiger partial charge on any atom is 0.340 e. The van der Waals surface area contributed by atoms with Gasteiger partial charge in [-0.15, -0.1) is 0 Å². The molecule has 0 aliphatic heterocycles. The van der Waals surface area contributed by atoms with Gasteiger partial charge in [0.15, 0.2) is 0 Å². The first kappa shape index (κ1) is 17.7. The Hall–Kier alpha value is -3.62. The fourth-order valence-electron chi connectivity index (χ4n) is 2.18. The monoisotopic (exact) mass is 344 g/mol. The number of non-ortho nitro benzene ring substituents is 1. The Balaban J connectivity index is 2.21. The molecule has 0 heterocycles. The number of urea groups is 1. The Morgan fingerprint density at radius 2 is 2.00 bits per heavy atom. The van der Waals surface area contributed by atoms with E-state index in [1.165, 1.54) is 19.2 Å². The van der Waals surface area contributed by atoms with E-state index < -0.39 is 16.9 Å². The molecule has 0 atom stereocenters. The number of esters is 1.